The molecule has 20 heavy (non-hydrogen) atoms. The van der Waals surface area contributed by atoms with E-state index in [1.807, 2.05) is 0 Å². The average molecular weight is 288 g/mol. The number of halogens is 3. The van der Waals surface area contributed by atoms with Crippen LogP contribution in [0, 0.1) is 0 Å². The van der Waals surface area contributed by atoms with Crippen LogP contribution in [0.4, 0.5) is 13.2 Å². The SMILES string of the molecule is CCCCCCCCC(O)c1cccc(C(F)(F)F)c1. The van der Waals surface area contributed by atoms with Gasteiger partial charge in [0.1, 0.15) is 0 Å². The highest BCUT2D eigenvalue weighted by molar-refractivity contribution is 5.27. The summed E-state index contributed by atoms with van der Waals surface area (Å²) in [7, 11) is 0. The van der Waals surface area contributed by atoms with Crippen LogP contribution in [0.1, 0.15) is 69.1 Å². The van der Waals surface area contributed by atoms with Crippen molar-refractivity contribution in [1.82, 2.24) is 0 Å². The maximum Gasteiger partial charge on any atom is 0.416 e. The van der Waals surface area contributed by atoms with E-state index in [1.165, 1.54) is 25.3 Å². The van der Waals surface area contributed by atoms with Gasteiger partial charge < -0.3 is 5.11 Å². The monoisotopic (exact) mass is 288 g/mol. The van der Waals surface area contributed by atoms with Crippen molar-refractivity contribution in [3.63, 3.8) is 0 Å². The van der Waals surface area contributed by atoms with Crippen LogP contribution in [-0.4, -0.2) is 5.11 Å². The first-order valence-electron chi connectivity index (χ1n) is 7.30. The van der Waals surface area contributed by atoms with E-state index in [-0.39, 0.29) is 0 Å². The third-order valence-electron chi connectivity index (χ3n) is 3.43. The van der Waals surface area contributed by atoms with Crippen LogP contribution in [0.5, 0.6) is 0 Å². The zero-order valence-corrected chi connectivity index (χ0v) is 11.9. The summed E-state index contributed by atoms with van der Waals surface area (Å²) in [6.07, 6.45) is 1.96. The highest BCUT2D eigenvalue weighted by Gasteiger charge is 2.30. The van der Waals surface area contributed by atoms with E-state index in [9.17, 15) is 18.3 Å². The Morgan fingerprint density at radius 2 is 1.70 bits per heavy atom. The van der Waals surface area contributed by atoms with Crippen molar-refractivity contribution < 1.29 is 18.3 Å². The van der Waals surface area contributed by atoms with Gasteiger partial charge in [-0.25, -0.2) is 0 Å². The van der Waals surface area contributed by atoms with E-state index in [4.69, 9.17) is 0 Å². The number of benzene rings is 1. The molecule has 0 saturated heterocycles. The molecule has 0 aromatic heterocycles. The lowest BCUT2D eigenvalue weighted by Gasteiger charge is -2.13. The van der Waals surface area contributed by atoms with Crippen molar-refractivity contribution in [1.29, 1.82) is 0 Å². The lowest BCUT2D eigenvalue weighted by Crippen LogP contribution is -2.06. The molecule has 1 N–H and O–H groups in total. The quantitative estimate of drug-likeness (QED) is 0.627. The van der Waals surface area contributed by atoms with E-state index < -0.39 is 17.8 Å². The summed E-state index contributed by atoms with van der Waals surface area (Å²) in [5, 5.41) is 9.95. The summed E-state index contributed by atoms with van der Waals surface area (Å²) in [5.74, 6) is 0. The molecule has 0 spiro atoms. The molecule has 0 heterocycles. The van der Waals surface area contributed by atoms with Crippen LogP contribution in [0.25, 0.3) is 0 Å². The van der Waals surface area contributed by atoms with E-state index in [0.29, 0.717) is 12.0 Å². The largest absolute Gasteiger partial charge is 0.416 e. The van der Waals surface area contributed by atoms with Gasteiger partial charge in [0.05, 0.1) is 11.7 Å². The molecule has 0 amide bonds. The van der Waals surface area contributed by atoms with Crippen molar-refractivity contribution >= 4 is 0 Å². The van der Waals surface area contributed by atoms with Crippen LogP contribution in [0.15, 0.2) is 24.3 Å². The van der Waals surface area contributed by atoms with Gasteiger partial charge in [0.2, 0.25) is 0 Å². The van der Waals surface area contributed by atoms with Crippen molar-refractivity contribution in [3.8, 4) is 0 Å². The Hall–Kier alpha value is -1.03. The molecule has 114 valence electrons. The number of rotatable bonds is 8. The zero-order valence-electron chi connectivity index (χ0n) is 11.9. The van der Waals surface area contributed by atoms with Crippen molar-refractivity contribution in [2.45, 2.75) is 64.1 Å². The molecule has 1 aromatic carbocycles. The van der Waals surface area contributed by atoms with Crippen molar-refractivity contribution in [3.05, 3.63) is 35.4 Å². The van der Waals surface area contributed by atoms with Gasteiger partial charge in [0.15, 0.2) is 0 Å². The number of hydrogen-bond donors (Lipinski definition) is 1. The summed E-state index contributed by atoms with van der Waals surface area (Å²) >= 11 is 0. The van der Waals surface area contributed by atoms with Crippen LogP contribution in [-0.2, 0) is 6.18 Å². The van der Waals surface area contributed by atoms with Gasteiger partial charge >= 0.3 is 6.18 Å². The van der Waals surface area contributed by atoms with Gasteiger partial charge in [0.25, 0.3) is 0 Å². The fourth-order valence-corrected chi connectivity index (χ4v) is 2.21. The fourth-order valence-electron chi connectivity index (χ4n) is 2.21. The molecular formula is C16H23F3O. The summed E-state index contributed by atoms with van der Waals surface area (Å²) in [6.45, 7) is 2.15. The predicted octanol–water partition coefficient (Wildman–Crippen LogP) is 5.49. The van der Waals surface area contributed by atoms with Crippen LogP contribution >= 0.6 is 0 Å². The smallest absolute Gasteiger partial charge is 0.388 e. The number of hydrogen-bond acceptors (Lipinski definition) is 1. The Kier molecular flexibility index (Phi) is 7.06. The molecule has 0 radical (unpaired) electrons. The first kappa shape index (κ1) is 17.0. The molecule has 0 aliphatic rings. The minimum atomic E-state index is -4.35. The number of aliphatic hydroxyl groups is 1. The second-order valence-electron chi connectivity index (χ2n) is 5.20. The summed E-state index contributed by atoms with van der Waals surface area (Å²) < 4.78 is 37.7. The van der Waals surface area contributed by atoms with Crippen LogP contribution in [0.3, 0.4) is 0 Å². The number of unbranched alkanes of at least 4 members (excludes halogenated alkanes) is 5. The Balaban J connectivity index is 2.41. The Labute approximate surface area is 118 Å². The maximum atomic E-state index is 12.6. The number of alkyl halides is 3. The Morgan fingerprint density at radius 3 is 2.35 bits per heavy atom. The minimum absolute atomic E-state index is 0.355. The van der Waals surface area contributed by atoms with E-state index in [2.05, 4.69) is 6.92 Å². The first-order chi connectivity index (χ1) is 9.45. The van der Waals surface area contributed by atoms with Crippen molar-refractivity contribution in [2.75, 3.05) is 0 Å². The highest BCUT2D eigenvalue weighted by Crippen LogP contribution is 2.31. The molecule has 1 atom stereocenters. The molecule has 1 aromatic rings. The average Bonchev–Trinajstić information content (AvgIpc) is 2.41. The van der Waals surface area contributed by atoms with Crippen molar-refractivity contribution in [2.24, 2.45) is 0 Å². The topological polar surface area (TPSA) is 20.2 Å². The lowest BCUT2D eigenvalue weighted by atomic mass is 10.00. The maximum absolute atomic E-state index is 12.6. The second-order valence-corrected chi connectivity index (χ2v) is 5.20. The zero-order chi connectivity index (χ0) is 15.0. The molecule has 1 rings (SSSR count). The van der Waals surface area contributed by atoms with Gasteiger partial charge in [-0.05, 0) is 24.1 Å². The van der Waals surface area contributed by atoms with Crippen LogP contribution < -0.4 is 0 Å². The molecule has 0 fully saturated rings. The summed E-state index contributed by atoms with van der Waals surface area (Å²) in [4.78, 5) is 0. The highest BCUT2D eigenvalue weighted by atomic mass is 19.4. The normalized spacial score (nSPS) is 13.4. The molecule has 4 heteroatoms. The van der Waals surface area contributed by atoms with Gasteiger partial charge in [-0.15, -0.1) is 0 Å². The van der Waals surface area contributed by atoms with E-state index in [1.54, 1.807) is 6.07 Å². The van der Waals surface area contributed by atoms with Gasteiger partial charge in [-0.2, -0.15) is 13.2 Å². The van der Waals surface area contributed by atoms with Gasteiger partial charge in [0, 0.05) is 0 Å². The molecule has 1 nitrogen and oxygen atoms in total. The lowest BCUT2D eigenvalue weighted by molar-refractivity contribution is -0.137. The second kappa shape index (κ2) is 8.30. The Bertz CT molecular complexity index is 388. The van der Waals surface area contributed by atoms with Gasteiger partial charge in [-0.1, -0.05) is 57.6 Å². The molecular weight excluding hydrogens is 265 g/mol. The third kappa shape index (κ3) is 5.95. The molecule has 0 aliphatic heterocycles. The first-order valence-corrected chi connectivity index (χ1v) is 7.30. The Morgan fingerprint density at radius 1 is 1.05 bits per heavy atom. The van der Waals surface area contributed by atoms with Crippen LogP contribution in [0.2, 0.25) is 0 Å². The molecule has 0 bridgehead atoms. The predicted molar refractivity (Wildman–Crippen MR) is 74.4 cm³/mol. The molecule has 0 saturated carbocycles. The standard InChI is InChI=1S/C16H23F3O/c1-2-3-4-5-6-7-11-15(20)13-9-8-10-14(12-13)16(17,18)19/h8-10,12,15,20H,2-7,11H2,1H3. The number of aliphatic hydroxyl groups excluding tert-OH is 1. The summed E-state index contributed by atoms with van der Waals surface area (Å²) in [6, 6.07) is 4.97. The fraction of sp³-hybridized carbons (Fsp3) is 0.625. The van der Waals surface area contributed by atoms with Gasteiger partial charge in [-0.3, -0.25) is 0 Å². The third-order valence-corrected chi connectivity index (χ3v) is 3.43. The molecule has 0 aliphatic carbocycles. The minimum Gasteiger partial charge on any atom is -0.388 e. The summed E-state index contributed by atoms with van der Waals surface area (Å²) in [5.41, 5.74) is -0.342. The van der Waals surface area contributed by atoms with E-state index in [0.717, 1.165) is 31.4 Å². The van der Waals surface area contributed by atoms with E-state index >= 15 is 0 Å². The molecule has 1 unspecified atom stereocenters.